The second-order valence-electron chi connectivity index (χ2n) is 5.01. The summed E-state index contributed by atoms with van der Waals surface area (Å²) < 4.78 is 1.80. The van der Waals surface area contributed by atoms with Gasteiger partial charge in [0, 0.05) is 25.8 Å². The molecule has 0 saturated heterocycles. The zero-order valence-electron chi connectivity index (χ0n) is 11.2. The van der Waals surface area contributed by atoms with Gasteiger partial charge in [-0.15, -0.1) is 0 Å². The standard InChI is InChI=1S/C13H22N4O/c1-3-17(12-6-4-5-10(12)7-14)13(18)11-8-16(2)9-15-11/h8-10,12H,3-7,14H2,1-2H3. The molecule has 5 heteroatoms. The number of nitrogens with two attached hydrogens (primary N) is 1. The highest BCUT2D eigenvalue weighted by Gasteiger charge is 2.33. The number of amides is 1. The Hall–Kier alpha value is -1.36. The topological polar surface area (TPSA) is 64.2 Å². The third kappa shape index (κ3) is 2.41. The van der Waals surface area contributed by atoms with Gasteiger partial charge in [0.1, 0.15) is 5.69 Å². The molecule has 1 fully saturated rings. The van der Waals surface area contributed by atoms with Gasteiger partial charge in [-0.2, -0.15) is 0 Å². The van der Waals surface area contributed by atoms with Crippen LogP contribution in [-0.2, 0) is 7.05 Å². The minimum Gasteiger partial charge on any atom is -0.340 e. The lowest BCUT2D eigenvalue weighted by Gasteiger charge is -2.31. The van der Waals surface area contributed by atoms with E-state index in [1.165, 1.54) is 6.42 Å². The molecule has 2 N–H and O–H groups in total. The normalized spacial score (nSPS) is 23.3. The van der Waals surface area contributed by atoms with E-state index >= 15 is 0 Å². The first-order chi connectivity index (χ1) is 8.67. The average Bonchev–Trinajstić information content (AvgIpc) is 2.98. The van der Waals surface area contributed by atoms with Gasteiger partial charge in [-0.25, -0.2) is 4.98 Å². The van der Waals surface area contributed by atoms with E-state index in [-0.39, 0.29) is 11.9 Å². The van der Waals surface area contributed by atoms with Gasteiger partial charge in [0.25, 0.3) is 5.91 Å². The molecule has 1 saturated carbocycles. The van der Waals surface area contributed by atoms with Crippen LogP contribution >= 0.6 is 0 Å². The highest BCUT2D eigenvalue weighted by atomic mass is 16.2. The minimum absolute atomic E-state index is 0.0310. The molecule has 1 aromatic rings. The van der Waals surface area contributed by atoms with Gasteiger partial charge in [-0.05, 0) is 32.2 Å². The number of carbonyl (C=O) groups excluding carboxylic acids is 1. The predicted octanol–water partition coefficient (Wildman–Crippen LogP) is 1.01. The number of aryl methyl sites for hydroxylation is 1. The van der Waals surface area contributed by atoms with Crippen molar-refractivity contribution in [1.82, 2.24) is 14.5 Å². The molecule has 1 aliphatic carbocycles. The predicted molar refractivity (Wildman–Crippen MR) is 70.1 cm³/mol. The van der Waals surface area contributed by atoms with E-state index in [1.54, 1.807) is 17.1 Å². The van der Waals surface area contributed by atoms with Gasteiger partial charge < -0.3 is 15.2 Å². The SMILES string of the molecule is CCN(C(=O)c1cn(C)cn1)C1CCCC1CN. The van der Waals surface area contributed by atoms with Crippen LogP contribution in [0.5, 0.6) is 0 Å². The Bertz CT molecular complexity index is 415. The van der Waals surface area contributed by atoms with E-state index in [0.29, 0.717) is 18.2 Å². The second-order valence-corrected chi connectivity index (χ2v) is 5.01. The zero-order valence-corrected chi connectivity index (χ0v) is 11.2. The third-order valence-corrected chi connectivity index (χ3v) is 3.85. The molecule has 0 aliphatic heterocycles. The van der Waals surface area contributed by atoms with Gasteiger partial charge in [0.15, 0.2) is 0 Å². The molecular weight excluding hydrogens is 228 g/mol. The van der Waals surface area contributed by atoms with Crippen molar-refractivity contribution in [3.63, 3.8) is 0 Å². The molecule has 5 nitrogen and oxygen atoms in total. The number of hydrogen-bond donors (Lipinski definition) is 1. The van der Waals surface area contributed by atoms with E-state index in [0.717, 1.165) is 19.4 Å². The molecule has 0 spiro atoms. The highest BCUT2D eigenvalue weighted by Crippen LogP contribution is 2.29. The van der Waals surface area contributed by atoms with Crippen molar-refractivity contribution in [2.24, 2.45) is 18.7 Å². The molecule has 2 unspecified atom stereocenters. The fraction of sp³-hybridized carbons (Fsp3) is 0.692. The second kappa shape index (κ2) is 5.52. The van der Waals surface area contributed by atoms with Crippen LogP contribution in [0, 0.1) is 5.92 Å². The molecule has 0 radical (unpaired) electrons. The fourth-order valence-corrected chi connectivity index (χ4v) is 2.90. The molecule has 1 aromatic heterocycles. The lowest BCUT2D eigenvalue weighted by molar-refractivity contribution is 0.0646. The lowest BCUT2D eigenvalue weighted by atomic mass is 10.0. The van der Waals surface area contributed by atoms with E-state index in [1.807, 2.05) is 18.9 Å². The van der Waals surface area contributed by atoms with Gasteiger partial charge in [0.05, 0.1) is 6.33 Å². The van der Waals surface area contributed by atoms with E-state index in [4.69, 9.17) is 5.73 Å². The Kier molecular flexibility index (Phi) is 4.01. The molecule has 0 aromatic carbocycles. The number of hydrogen-bond acceptors (Lipinski definition) is 3. The zero-order chi connectivity index (χ0) is 13.1. The summed E-state index contributed by atoms with van der Waals surface area (Å²) in [6.07, 6.45) is 6.80. The first-order valence-electron chi connectivity index (χ1n) is 6.66. The summed E-state index contributed by atoms with van der Waals surface area (Å²) >= 11 is 0. The van der Waals surface area contributed by atoms with Crippen LogP contribution in [0.3, 0.4) is 0 Å². The van der Waals surface area contributed by atoms with Gasteiger partial charge in [-0.3, -0.25) is 4.79 Å². The van der Waals surface area contributed by atoms with Crippen molar-refractivity contribution in [3.8, 4) is 0 Å². The van der Waals surface area contributed by atoms with Gasteiger partial charge in [-0.1, -0.05) is 6.42 Å². The monoisotopic (exact) mass is 250 g/mol. The van der Waals surface area contributed by atoms with Crippen LogP contribution < -0.4 is 5.73 Å². The Labute approximate surface area is 108 Å². The summed E-state index contributed by atoms with van der Waals surface area (Å²) in [5.41, 5.74) is 6.33. The number of rotatable bonds is 4. The summed E-state index contributed by atoms with van der Waals surface area (Å²) in [5, 5.41) is 0. The fourth-order valence-electron chi connectivity index (χ4n) is 2.90. The molecular formula is C13H22N4O. The molecule has 100 valence electrons. The third-order valence-electron chi connectivity index (χ3n) is 3.85. The van der Waals surface area contributed by atoms with Crippen molar-refractivity contribution in [2.45, 2.75) is 32.2 Å². The molecule has 2 rings (SSSR count). The minimum atomic E-state index is 0.0310. The number of nitrogens with zero attached hydrogens (tertiary/aromatic N) is 3. The van der Waals surface area contributed by atoms with Gasteiger partial charge in [0.2, 0.25) is 0 Å². The quantitative estimate of drug-likeness (QED) is 0.867. The Balaban J connectivity index is 2.15. The summed E-state index contributed by atoms with van der Waals surface area (Å²) in [6.45, 7) is 3.40. The van der Waals surface area contributed by atoms with Gasteiger partial charge >= 0.3 is 0 Å². The van der Waals surface area contributed by atoms with Crippen LogP contribution in [-0.4, -0.2) is 39.5 Å². The first-order valence-corrected chi connectivity index (χ1v) is 6.66. The maximum atomic E-state index is 12.4. The van der Waals surface area contributed by atoms with Crippen molar-refractivity contribution in [1.29, 1.82) is 0 Å². The van der Waals surface area contributed by atoms with Crippen LogP contribution in [0.15, 0.2) is 12.5 Å². The molecule has 1 heterocycles. The summed E-state index contributed by atoms with van der Waals surface area (Å²) in [7, 11) is 1.87. The van der Waals surface area contributed by atoms with Crippen LogP contribution in [0.1, 0.15) is 36.7 Å². The molecule has 1 amide bonds. The van der Waals surface area contributed by atoms with Crippen LogP contribution in [0.2, 0.25) is 0 Å². The number of carbonyl (C=O) groups is 1. The molecule has 18 heavy (non-hydrogen) atoms. The maximum Gasteiger partial charge on any atom is 0.274 e. The number of imidazole rings is 1. The molecule has 0 bridgehead atoms. The summed E-state index contributed by atoms with van der Waals surface area (Å²) in [5.74, 6) is 0.473. The van der Waals surface area contributed by atoms with Crippen molar-refractivity contribution >= 4 is 5.91 Å². The summed E-state index contributed by atoms with van der Waals surface area (Å²) in [4.78, 5) is 18.5. The van der Waals surface area contributed by atoms with Crippen molar-refractivity contribution in [3.05, 3.63) is 18.2 Å². The van der Waals surface area contributed by atoms with E-state index < -0.39 is 0 Å². The molecule has 2 atom stereocenters. The first kappa shape index (κ1) is 13.1. The summed E-state index contributed by atoms with van der Waals surface area (Å²) in [6, 6.07) is 0.287. The van der Waals surface area contributed by atoms with Crippen molar-refractivity contribution in [2.75, 3.05) is 13.1 Å². The Morgan fingerprint density at radius 3 is 2.94 bits per heavy atom. The highest BCUT2D eigenvalue weighted by molar-refractivity contribution is 5.92. The average molecular weight is 250 g/mol. The van der Waals surface area contributed by atoms with Crippen LogP contribution in [0.25, 0.3) is 0 Å². The largest absolute Gasteiger partial charge is 0.340 e. The van der Waals surface area contributed by atoms with Crippen LogP contribution in [0.4, 0.5) is 0 Å². The Morgan fingerprint density at radius 1 is 1.61 bits per heavy atom. The maximum absolute atomic E-state index is 12.4. The number of aromatic nitrogens is 2. The van der Waals surface area contributed by atoms with E-state index in [2.05, 4.69) is 4.98 Å². The van der Waals surface area contributed by atoms with Crippen molar-refractivity contribution < 1.29 is 4.79 Å². The van der Waals surface area contributed by atoms with E-state index in [9.17, 15) is 4.79 Å². The Morgan fingerprint density at radius 2 is 2.39 bits per heavy atom. The molecule has 1 aliphatic rings. The smallest absolute Gasteiger partial charge is 0.274 e. The lowest BCUT2D eigenvalue weighted by Crippen LogP contribution is -2.44.